The average Bonchev–Trinajstić information content (AvgIpc) is 2.27. The van der Waals surface area contributed by atoms with Crippen LogP contribution < -0.4 is 15.2 Å². The third kappa shape index (κ3) is 2.63. The van der Waals surface area contributed by atoms with Crippen molar-refractivity contribution in [2.45, 2.75) is 19.4 Å². The van der Waals surface area contributed by atoms with Crippen molar-refractivity contribution in [2.24, 2.45) is 5.73 Å². The molecule has 84 valence electrons. The standard InChI is InChI=1S/C11H16BrNO2/c1-4-9(13)7-5-8(12)11(15-3)6-10(7)14-2/h5-6,9H,4,13H2,1-3H3. The summed E-state index contributed by atoms with van der Waals surface area (Å²) in [5.41, 5.74) is 6.98. The molecular formula is C11H16BrNO2. The van der Waals surface area contributed by atoms with Gasteiger partial charge in [-0.2, -0.15) is 0 Å². The zero-order chi connectivity index (χ0) is 11.4. The lowest BCUT2D eigenvalue weighted by Crippen LogP contribution is -2.10. The molecule has 0 saturated carbocycles. The summed E-state index contributed by atoms with van der Waals surface area (Å²) >= 11 is 3.43. The van der Waals surface area contributed by atoms with Crippen LogP contribution in [0.4, 0.5) is 0 Å². The van der Waals surface area contributed by atoms with Crippen molar-refractivity contribution in [3.8, 4) is 11.5 Å². The van der Waals surface area contributed by atoms with E-state index in [0.717, 1.165) is 28.0 Å². The molecule has 0 heterocycles. The highest BCUT2D eigenvalue weighted by atomic mass is 79.9. The number of methoxy groups -OCH3 is 2. The number of rotatable bonds is 4. The van der Waals surface area contributed by atoms with E-state index in [-0.39, 0.29) is 6.04 Å². The Labute approximate surface area is 98.7 Å². The van der Waals surface area contributed by atoms with Gasteiger partial charge in [-0.3, -0.25) is 0 Å². The van der Waals surface area contributed by atoms with Crippen LogP contribution in [-0.2, 0) is 0 Å². The summed E-state index contributed by atoms with van der Waals surface area (Å²) in [6, 6.07) is 3.78. The van der Waals surface area contributed by atoms with Crippen LogP contribution in [-0.4, -0.2) is 14.2 Å². The number of ether oxygens (including phenoxy) is 2. The highest BCUT2D eigenvalue weighted by molar-refractivity contribution is 9.10. The summed E-state index contributed by atoms with van der Waals surface area (Å²) in [7, 11) is 3.26. The molecule has 15 heavy (non-hydrogen) atoms. The quantitative estimate of drug-likeness (QED) is 0.918. The lowest BCUT2D eigenvalue weighted by Gasteiger charge is -2.16. The first kappa shape index (κ1) is 12.3. The van der Waals surface area contributed by atoms with E-state index < -0.39 is 0 Å². The summed E-state index contributed by atoms with van der Waals surface area (Å²) < 4.78 is 11.4. The Bertz CT molecular complexity index is 342. The fourth-order valence-corrected chi connectivity index (χ4v) is 1.92. The summed E-state index contributed by atoms with van der Waals surface area (Å²) in [5.74, 6) is 1.52. The van der Waals surface area contributed by atoms with E-state index in [1.165, 1.54) is 0 Å². The first-order chi connectivity index (χ1) is 7.13. The van der Waals surface area contributed by atoms with Crippen LogP contribution in [0.1, 0.15) is 24.9 Å². The number of hydrogen-bond acceptors (Lipinski definition) is 3. The van der Waals surface area contributed by atoms with Gasteiger partial charge in [-0.25, -0.2) is 0 Å². The van der Waals surface area contributed by atoms with Crippen molar-refractivity contribution in [2.75, 3.05) is 14.2 Å². The van der Waals surface area contributed by atoms with Gasteiger partial charge in [0.2, 0.25) is 0 Å². The minimum Gasteiger partial charge on any atom is -0.496 e. The predicted molar refractivity (Wildman–Crippen MR) is 64.5 cm³/mol. The van der Waals surface area contributed by atoms with Crippen LogP contribution in [0.5, 0.6) is 11.5 Å². The highest BCUT2D eigenvalue weighted by Crippen LogP contribution is 2.35. The minimum absolute atomic E-state index is 0.0119. The molecule has 0 spiro atoms. The Morgan fingerprint density at radius 2 is 1.87 bits per heavy atom. The fourth-order valence-electron chi connectivity index (χ4n) is 1.39. The Morgan fingerprint density at radius 3 is 2.33 bits per heavy atom. The molecule has 0 aliphatic heterocycles. The number of nitrogens with two attached hydrogens (primary N) is 1. The molecule has 1 aromatic rings. The molecule has 4 heteroatoms. The van der Waals surface area contributed by atoms with E-state index >= 15 is 0 Å². The first-order valence-corrected chi connectivity index (χ1v) is 5.60. The van der Waals surface area contributed by atoms with E-state index in [2.05, 4.69) is 15.9 Å². The second kappa shape index (κ2) is 5.37. The molecule has 0 amide bonds. The minimum atomic E-state index is -0.0119. The maximum absolute atomic E-state index is 5.99. The molecule has 2 N–H and O–H groups in total. The smallest absolute Gasteiger partial charge is 0.136 e. The van der Waals surface area contributed by atoms with Gasteiger partial charge in [-0.1, -0.05) is 6.92 Å². The van der Waals surface area contributed by atoms with Gasteiger partial charge in [0.15, 0.2) is 0 Å². The van der Waals surface area contributed by atoms with Crippen molar-refractivity contribution < 1.29 is 9.47 Å². The lowest BCUT2D eigenvalue weighted by atomic mass is 10.0. The van der Waals surface area contributed by atoms with Gasteiger partial charge in [0.1, 0.15) is 11.5 Å². The van der Waals surface area contributed by atoms with Gasteiger partial charge < -0.3 is 15.2 Å². The molecule has 1 unspecified atom stereocenters. The molecular weight excluding hydrogens is 258 g/mol. The number of halogens is 1. The molecule has 0 radical (unpaired) electrons. The second-order valence-corrected chi connectivity index (χ2v) is 4.10. The van der Waals surface area contributed by atoms with Crippen LogP contribution in [0.3, 0.4) is 0 Å². The van der Waals surface area contributed by atoms with E-state index in [0.29, 0.717) is 0 Å². The molecule has 0 fully saturated rings. The van der Waals surface area contributed by atoms with E-state index in [1.807, 2.05) is 19.1 Å². The molecule has 0 aliphatic carbocycles. The normalized spacial score (nSPS) is 12.3. The molecule has 0 saturated heterocycles. The maximum Gasteiger partial charge on any atom is 0.136 e. The topological polar surface area (TPSA) is 44.5 Å². The van der Waals surface area contributed by atoms with Gasteiger partial charge in [0.05, 0.1) is 18.7 Å². The lowest BCUT2D eigenvalue weighted by molar-refractivity contribution is 0.386. The van der Waals surface area contributed by atoms with Crippen molar-refractivity contribution in [1.29, 1.82) is 0 Å². The third-order valence-corrected chi connectivity index (χ3v) is 2.96. The van der Waals surface area contributed by atoms with Gasteiger partial charge in [0, 0.05) is 17.7 Å². The van der Waals surface area contributed by atoms with E-state index in [4.69, 9.17) is 15.2 Å². The number of benzene rings is 1. The van der Waals surface area contributed by atoms with Gasteiger partial charge in [-0.15, -0.1) is 0 Å². The van der Waals surface area contributed by atoms with Gasteiger partial charge in [0.25, 0.3) is 0 Å². The van der Waals surface area contributed by atoms with Crippen molar-refractivity contribution in [3.05, 3.63) is 22.2 Å². The summed E-state index contributed by atoms with van der Waals surface area (Å²) in [5, 5.41) is 0. The second-order valence-electron chi connectivity index (χ2n) is 3.24. The Morgan fingerprint density at radius 1 is 1.27 bits per heavy atom. The number of hydrogen-bond donors (Lipinski definition) is 1. The van der Waals surface area contributed by atoms with Crippen molar-refractivity contribution in [3.63, 3.8) is 0 Å². The zero-order valence-electron chi connectivity index (χ0n) is 9.21. The fraction of sp³-hybridized carbons (Fsp3) is 0.455. The van der Waals surface area contributed by atoms with Crippen LogP contribution in [0.15, 0.2) is 16.6 Å². The van der Waals surface area contributed by atoms with Crippen LogP contribution in [0.2, 0.25) is 0 Å². The average molecular weight is 274 g/mol. The SMILES string of the molecule is CCC(N)c1cc(Br)c(OC)cc1OC. The first-order valence-electron chi connectivity index (χ1n) is 4.81. The van der Waals surface area contributed by atoms with Crippen molar-refractivity contribution >= 4 is 15.9 Å². The molecule has 1 atom stereocenters. The van der Waals surface area contributed by atoms with Crippen LogP contribution in [0.25, 0.3) is 0 Å². The monoisotopic (exact) mass is 273 g/mol. The summed E-state index contributed by atoms with van der Waals surface area (Å²) in [4.78, 5) is 0. The molecule has 3 nitrogen and oxygen atoms in total. The summed E-state index contributed by atoms with van der Waals surface area (Å²) in [6.45, 7) is 2.04. The molecule has 0 aromatic heterocycles. The largest absolute Gasteiger partial charge is 0.496 e. The van der Waals surface area contributed by atoms with E-state index in [9.17, 15) is 0 Å². The Balaban J connectivity index is 3.21. The summed E-state index contributed by atoms with van der Waals surface area (Å²) in [6.07, 6.45) is 0.870. The highest BCUT2D eigenvalue weighted by Gasteiger charge is 2.13. The maximum atomic E-state index is 5.99. The third-order valence-electron chi connectivity index (χ3n) is 2.34. The van der Waals surface area contributed by atoms with Gasteiger partial charge >= 0.3 is 0 Å². The van der Waals surface area contributed by atoms with Crippen LogP contribution in [0, 0.1) is 0 Å². The van der Waals surface area contributed by atoms with E-state index in [1.54, 1.807) is 14.2 Å². The molecule has 0 bridgehead atoms. The van der Waals surface area contributed by atoms with Crippen molar-refractivity contribution in [1.82, 2.24) is 0 Å². The zero-order valence-corrected chi connectivity index (χ0v) is 10.8. The van der Waals surface area contributed by atoms with Crippen LogP contribution >= 0.6 is 15.9 Å². The Kier molecular flexibility index (Phi) is 4.42. The molecule has 1 aromatic carbocycles. The van der Waals surface area contributed by atoms with Gasteiger partial charge in [-0.05, 0) is 28.4 Å². The molecule has 0 aliphatic rings. The molecule has 1 rings (SSSR count). The Hall–Kier alpha value is -0.740. The predicted octanol–water partition coefficient (Wildman–Crippen LogP) is 2.88.